The van der Waals surface area contributed by atoms with Crippen LogP contribution >= 0.6 is 0 Å². The van der Waals surface area contributed by atoms with E-state index in [0.717, 1.165) is 5.57 Å². The van der Waals surface area contributed by atoms with Gasteiger partial charge in [-0.1, -0.05) is 36.9 Å². The Labute approximate surface area is 115 Å². The molecule has 2 aromatic rings. The predicted molar refractivity (Wildman–Crippen MR) is 82.7 cm³/mol. The van der Waals surface area contributed by atoms with Gasteiger partial charge in [-0.2, -0.15) is 0 Å². The Balaban J connectivity index is 2.79. The molecular weight excluding hydrogens is 230 g/mol. The summed E-state index contributed by atoms with van der Waals surface area (Å²) in [5, 5.41) is 2.51. The Hall–Kier alpha value is -2.15. The molecule has 0 spiro atoms. The molecule has 0 saturated carbocycles. The van der Waals surface area contributed by atoms with E-state index >= 15 is 0 Å². The van der Waals surface area contributed by atoms with Crippen molar-refractivity contribution in [3.05, 3.63) is 72.6 Å². The number of nitrogens with zero attached hydrogens (tertiary/aromatic N) is 1. The SMILES string of the molecule is C=C(C)C(=CC=CC)c1c2ccccc2cc[n+]1C. The van der Waals surface area contributed by atoms with Crippen LogP contribution in [0.1, 0.15) is 19.5 Å². The number of allylic oxidation sites excluding steroid dienone is 5. The Kier molecular flexibility index (Phi) is 3.96. The third-order valence-electron chi connectivity index (χ3n) is 3.22. The number of pyridine rings is 1. The summed E-state index contributed by atoms with van der Waals surface area (Å²) in [5.74, 6) is 0. The van der Waals surface area contributed by atoms with Crippen molar-refractivity contribution in [3.8, 4) is 0 Å². The molecule has 1 aromatic carbocycles. The molecule has 0 unspecified atom stereocenters. The number of hydrogen-bond donors (Lipinski definition) is 0. The van der Waals surface area contributed by atoms with Gasteiger partial charge < -0.3 is 0 Å². The number of hydrogen-bond acceptors (Lipinski definition) is 0. The number of aryl methyl sites for hydroxylation is 1. The summed E-state index contributed by atoms with van der Waals surface area (Å²) in [6, 6.07) is 10.6. The van der Waals surface area contributed by atoms with Crippen molar-refractivity contribution in [3.63, 3.8) is 0 Å². The summed E-state index contributed by atoms with van der Waals surface area (Å²) in [6.07, 6.45) is 8.33. The minimum atomic E-state index is 1.07. The maximum atomic E-state index is 4.12. The van der Waals surface area contributed by atoms with Crippen molar-refractivity contribution in [2.45, 2.75) is 13.8 Å². The number of benzene rings is 1. The van der Waals surface area contributed by atoms with Gasteiger partial charge in [0.15, 0.2) is 6.20 Å². The molecule has 0 radical (unpaired) electrons. The summed E-state index contributed by atoms with van der Waals surface area (Å²) in [4.78, 5) is 0. The van der Waals surface area contributed by atoms with Crippen molar-refractivity contribution >= 4 is 16.3 Å². The quantitative estimate of drug-likeness (QED) is 0.568. The highest BCUT2D eigenvalue weighted by Crippen LogP contribution is 2.26. The van der Waals surface area contributed by atoms with Gasteiger partial charge >= 0.3 is 0 Å². The molecule has 0 atom stereocenters. The standard InChI is InChI=1S/C18H20N/c1-5-6-10-16(14(2)3)18-17-11-8-7-9-15(17)12-13-19(18)4/h5-13H,2H2,1,3-4H3/q+1. The van der Waals surface area contributed by atoms with E-state index in [-0.39, 0.29) is 0 Å². The Morgan fingerprint density at radius 3 is 2.63 bits per heavy atom. The topological polar surface area (TPSA) is 3.88 Å². The number of aromatic nitrogens is 1. The molecule has 1 heterocycles. The van der Waals surface area contributed by atoms with E-state index in [4.69, 9.17) is 0 Å². The zero-order valence-corrected chi connectivity index (χ0v) is 11.9. The summed E-state index contributed by atoms with van der Waals surface area (Å²) in [5.41, 5.74) is 3.46. The van der Waals surface area contributed by atoms with Gasteiger partial charge in [0.05, 0.1) is 5.39 Å². The first-order chi connectivity index (χ1) is 9.15. The molecule has 0 fully saturated rings. The van der Waals surface area contributed by atoms with E-state index in [1.165, 1.54) is 22.0 Å². The highest BCUT2D eigenvalue weighted by Gasteiger charge is 2.16. The van der Waals surface area contributed by atoms with Crippen LogP contribution < -0.4 is 4.57 Å². The first-order valence-electron chi connectivity index (χ1n) is 6.51. The zero-order chi connectivity index (χ0) is 13.8. The summed E-state index contributed by atoms with van der Waals surface area (Å²) >= 11 is 0. The van der Waals surface area contributed by atoms with Crippen LogP contribution in [0.3, 0.4) is 0 Å². The van der Waals surface area contributed by atoms with E-state index in [0.29, 0.717) is 0 Å². The monoisotopic (exact) mass is 250 g/mol. The smallest absolute Gasteiger partial charge is 0.200 e. The van der Waals surface area contributed by atoms with Crippen molar-refractivity contribution in [1.29, 1.82) is 0 Å². The van der Waals surface area contributed by atoms with Gasteiger partial charge in [-0.05, 0) is 36.9 Å². The van der Waals surface area contributed by atoms with E-state index in [1.807, 2.05) is 13.0 Å². The lowest BCUT2D eigenvalue weighted by molar-refractivity contribution is -0.672. The molecular formula is C18H20N+. The van der Waals surface area contributed by atoms with Crippen LogP contribution in [0.25, 0.3) is 16.3 Å². The van der Waals surface area contributed by atoms with Crippen LogP contribution in [0, 0.1) is 0 Å². The van der Waals surface area contributed by atoms with Crippen molar-refractivity contribution < 1.29 is 4.57 Å². The highest BCUT2D eigenvalue weighted by atomic mass is 14.9. The lowest BCUT2D eigenvalue weighted by Gasteiger charge is -2.08. The number of rotatable bonds is 3. The van der Waals surface area contributed by atoms with Crippen LogP contribution in [-0.4, -0.2) is 0 Å². The van der Waals surface area contributed by atoms with Gasteiger partial charge in [-0.3, -0.25) is 0 Å². The van der Waals surface area contributed by atoms with Crippen molar-refractivity contribution in [2.75, 3.05) is 0 Å². The van der Waals surface area contributed by atoms with Gasteiger partial charge in [-0.15, -0.1) is 0 Å². The highest BCUT2D eigenvalue weighted by molar-refractivity contribution is 5.94. The molecule has 1 heteroatoms. The van der Waals surface area contributed by atoms with Crippen LogP contribution in [0.15, 0.2) is 66.9 Å². The molecule has 0 saturated heterocycles. The average Bonchev–Trinajstić information content (AvgIpc) is 2.41. The fraction of sp³-hybridized carbons (Fsp3) is 0.167. The molecule has 0 bridgehead atoms. The van der Waals surface area contributed by atoms with Gasteiger partial charge in [0.25, 0.3) is 0 Å². The molecule has 96 valence electrons. The summed E-state index contributed by atoms with van der Waals surface area (Å²) in [7, 11) is 2.08. The Morgan fingerprint density at radius 1 is 1.21 bits per heavy atom. The van der Waals surface area contributed by atoms with Gasteiger partial charge in [-0.25, -0.2) is 4.57 Å². The van der Waals surface area contributed by atoms with Crippen LogP contribution in [-0.2, 0) is 7.05 Å². The van der Waals surface area contributed by atoms with Crippen molar-refractivity contribution in [1.82, 2.24) is 0 Å². The second-order valence-corrected chi connectivity index (χ2v) is 4.75. The van der Waals surface area contributed by atoms with Gasteiger partial charge in [0.1, 0.15) is 7.05 Å². The second-order valence-electron chi connectivity index (χ2n) is 4.75. The molecule has 1 nitrogen and oxygen atoms in total. The normalized spacial score (nSPS) is 12.3. The van der Waals surface area contributed by atoms with Crippen molar-refractivity contribution in [2.24, 2.45) is 7.05 Å². The van der Waals surface area contributed by atoms with Gasteiger partial charge in [0, 0.05) is 11.6 Å². The average molecular weight is 250 g/mol. The molecule has 0 aliphatic heterocycles. The lowest BCUT2D eigenvalue weighted by atomic mass is 9.99. The molecule has 2 rings (SSSR count). The first-order valence-corrected chi connectivity index (χ1v) is 6.51. The minimum Gasteiger partial charge on any atom is -0.200 e. The first kappa shape index (κ1) is 13.3. The van der Waals surface area contributed by atoms with Crippen LogP contribution in [0.5, 0.6) is 0 Å². The van der Waals surface area contributed by atoms with E-state index < -0.39 is 0 Å². The third kappa shape index (κ3) is 2.65. The largest absolute Gasteiger partial charge is 0.220 e. The lowest BCUT2D eigenvalue weighted by Crippen LogP contribution is -2.32. The van der Waals surface area contributed by atoms with E-state index in [9.17, 15) is 0 Å². The fourth-order valence-electron chi connectivity index (χ4n) is 2.27. The number of fused-ring (bicyclic) bond motifs is 1. The maximum Gasteiger partial charge on any atom is 0.220 e. The molecule has 19 heavy (non-hydrogen) atoms. The molecule has 0 amide bonds. The van der Waals surface area contributed by atoms with Crippen LogP contribution in [0.2, 0.25) is 0 Å². The third-order valence-corrected chi connectivity index (χ3v) is 3.22. The summed E-state index contributed by atoms with van der Waals surface area (Å²) < 4.78 is 2.16. The Bertz CT molecular complexity index is 675. The molecule has 0 aliphatic carbocycles. The second kappa shape index (κ2) is 5.66. The zero-order valence-electron chi connectivity index (χ0n) is 11.9. The predicted octanol–water partition coefficient (Wildman–Crippen LogP) is 4.20. The Morgan fingerprint density at radius 2 is 1.95 bits per heavy atom. The van der Waals surface area contributed by atoms with E-state index in [1.54, 1.807) is 0 Å². The molecule has 0 aliphatic rings. The van der Waals surface area contributed by atoms with Crippen LogP contribution in [0.4, 0.5) is 0 Å². The molecule has 0 N–H and O–H groups in total. The van der Waals surface area contributed by atoms with E-state index in [2.05, 4.69) is 73.8 Å². The summed E-state index contributed by atoms with van der Waals surface area (Å²) in [6.45, 7) is 8.19. The van der Waals surface area contributed by atoms with Gasteiger partial charge in [0.2, 0.25) is 5.69 Å². The fourth-order valence-corrected chi connectivity index (χ4v) is 2.27. The molecule has 1 aromatic heterocycles. The minimum absolute atomic E-state index is 1.07. The maximum absolute atomic E-state index is 4.12.